The molecule has 6 nitrogen and oxygen atoms in total. The third-order valence-corrected chi connectivity index (χ3v) is 6.08. The van der Waals surface area contributed by atoms with Gasteiger partial charge in [0.05, 0.1) is 16.7 Å². The molecule has 0 spiro atoms. The Balaban J connectivity index is 1.67. The number of hydrogen-bond donors (Lipinski definition) is 1. The molecule has 0 aliphatic rings. The van der Waals surface area contributed by atoms with Gasteiger partial charge in [0.1, 0.15) is 5.82 Å². The minimum Gasteiger partial charge on any atom is -0.325 e. The first-order valence-corrected chi connectivity index (χ1v) is 11.3. The Kier molecular flexibility index (Phi) is 6.10. The molecule has 2 aromatic heterocycles. The van der Waals surface area contributed by atoms with Gasteiger partial charge in [0.2, 0.25) is 5.91 Å². The molecule has 0 atom stereocenters. The van der Waals surface area contributed by atoms with E-state index >= 15 is 0 Å². The molecule has 0 aliphatic heterocycles. The fourth-order valence-electron chi connectivity index (χ4n) is 3.69. The molecular formula is C25H24N4O2S. The number of para-hydroxylation sites is 1. The summed E-state index contributed by atoms with van der Waals surface area (Å²) in [6.07, 6.45) is 1.71. The fourth-order valence-corrected chi connectivity index (χ4v) is 4.49. The zero-order valence-electron chi connectivity index (χ0n) is 18.5. The number of pyridine rings is 1. The predicted octanol–water partition coefficient (Wildman–Crippen LogP) is 4.75. The maximum Gasteiger partial charge on any atom is 0.267 e. The topological polar surface area (TPSA) is 76.9 Å². The molecule has 2 heterocycles. The van der Waals surface area contributed by atoms with Crippen molar-refractivity contribution in [3.05, 3.63) is 87.3 Å². The minimum absolute atomic E-state index is 0.114. The zero-order valence-corrected chi connectivity index (χ0v) is 19.3. The van der Waals surface area contributed by atoms with Crippen molar-refractivity contribution >= 4 is 34.3 Å². The number of benzene rings is 2. The van der Waals surface area contributed by atoms with Crippen LogP contribution in [0.3, 0.4) is 0 Å². The van der Waals surface area contributed by atoms with Crippen molar-refractivity contribution < 1.29 is 4.79 Å². The van der Waals surface area contributed by atoms with Gasteiger partial charge in [-0.05, 0) is 62.6 Å². The number of aromatic nitrogens is 3. The quantitative estimate of drug-likeness (QED) is 0.355. The van der Waals surface area contributed by atoms with E-state index < -0.39 is 0 Å². The van der Waals surface area contributed by atoms with Crippen molar-refractivity contribution in [1.82, 2.24) is 14.5 Å². The van der Waals surface area contributed by atoms with Crippen LogP contribution in [0.4, 0.5) is 5.69 Å². The van der Waals surface area contributed by atoms with Crippen LogP contribution in [0, 0.1) is 27.7 Å². The van der Waals surface area contributed by atoms with Crippen LogP contribution in [0.1, 0.15) is 22.3 Å². The molecule has 0 bridgehead atoms. The number of hydrogen-bond acceptors (Lipinski definition) is 5. The number of carbonyl (C=O) groups excluding carboxylic acids is 1. The summed E-state index contributed by atoms with van der Waals surface area (Å²) >= 11 is 1.22. The summed E-state index contributed by atoms with van der Waals surface area (Å²) in [7, 11) is 0. The number of fused-ring (bicyclic) bond motifs is 1. The van der Waals surface area contributed by atoms with Gasteiger partial charge in [-0.3, -0.25) is 9.59 Å². The second kappa shape index (κ2) is 8.96. The smallest absolute Gasteiger partial charge is 0.267 e. The summed E-state index contributed by atoms with van der Waals surface area (Å²) in [5.41, 5.74) is 5.39. The minimum atomic E-state index is -0.208. The van der Waals surface area contributed by atoms with Gasteiger partial charge >= 0.3 is 0 Å². The molecule has 0 aliphatic carbocycles. The average molecular weight is 445 g/mol. The lowest BCUT2D eigenvalue weighted by atomic mass is 10.1. The van der Waals surface area contributed by atoms with E-state index in [9.17, 15) is 9.59 Å². The maximum absolute atomic E-state index is 13.3. The van der Waals surface area contributed by atoms with Crippen molar-refractivity contribution in [2.45, 2.75) is 32.9 Å². The van der Waals surface area contributed by atoms with Crippen molar-refractivity contribution in [2.75, 3.05) is 11.1 Å². The van der Waals surface area contributed by atoms with Gasteiger partial charge in [0.15, 0.2) is 5.16 Å². The van der Waals surface area contributed by atoms with Gasteiger partial charge in [0.25, 0.3) is 5.56 Å². The Bertz CT molecular complexity index is 1350. The number of amides is 1. The van der Waals surface area contributed by atoms with Crippen molar-refractivity contribution in [2.24, 2.45) is 0 Å². The summed E-state index contributed by atoms with van der Waals surface area (Å²) in [5, 5.41) is 3.94. The van der Waals surface area contributed by atoms with E-state index in [0.717, 1.165) is 27.9 Å². The molecule has 0 radical (unpaired) electrons. The summed E-state index contributed by atoms with van der Waals surface area (Å²) in [4.78, 5) is 35.1. The summed E-state index contributed by atoms with van der Waals surface area (Å²) < 4.78 is 1.47. The number of nitrogens with one attached hydrogen (secondary N) is 1. The van der Waals surface area contributed by atoms with Crippen molar-refractivity contribution in [3.8, 4) is 5.82 Å². The fraction of sp³-hybridized carbons (Fsp3) is 0.200. The predicted molar refractivity (Wildman–Crippen MR) is 130 cm³/mol. The van der Waals surface area contributed by atoms with Crippen molar-refractivity contribution in [3.63, 3.8) is 0 Å². The highest BCUT2D eigenvalue weighted by Crippen LogP contribution is 2.24. The highest BCUT2D eigenvalue weighted by Gasteiger charge is 2.16. The molecule has 7 heteroatoms. The highest BCUT2D eigenvalue weighted by molar-refractivity contribution is 7.99. The molecule has 4 aromatic rings. The first kappa shape index (κ1) is 21.8. The Labute approximate surface area is 190 Å². The van der Waals surface area contributed by atoms with Gasteiger partial charge in [-0.25, -0.2) is 14.5 Å². The van der Waals surface area contributed by atoms with E-state index in [1.807, 2.05) is 58.0 Å². The molecule has 0 fully saturated rings. The third-order valence-electron chi connectivity index (χ3n) is 5.14. The number of nitrogens with zero attached hydrogens (tertiary/aromatic N) is 3. The first-order valence-electron chi connectivity index (χ1n) is 10.3. The molecule has 0 saturated heterocycles. The molecule has 0 saturated carbocycles. The van der Waals surface area contributed by atoms with E-state index in [-0.39, 0.29) is 17.2 Å². The van der Waals surface area contributed by atoms with Gasteiger partial charge in [-0.1, -0.05) is 47.7 Å². The zero-order chi connectivity index (χ0) is 22.8. The Hall–Kier alpha value is -3.45. The molecule has 0 unspecified atom stereocenters. The van der Waals surface area contributed by atoms with Crippen LogP contribution >= 0.6 is 11.8 Å². The summed E-state index contributed by atoms with van der Waals surface area (Å²) in [6, 6.07) is 15.0. The monoisotopic (exact) mass is 444 g/mol. The molecule has 1 amide bonds. The Morgan fingerprint density at radius 1 is 1.00 bits per heavy atom. The number of anilines is 1. The molecule has 1 N–H and O–H groups in total. The van der Waals surface area contributed by atoms with Crippen LogP contribution in [0.15, 0.2) is 64.7 Å². The van der Waals surface area contributed by atoms with Crippen LogP contribution in [-0.2, 0) is 4.79 Å². The molecule has 162 valence electrons. The Morgan fingerprint density at radius 3 is 2.41 bits per heavy atom. The van der Waals surface area contributed by atoms with Gasteiger partial charge < -0.3 is 5.32 Å². The van der Waals surface area contributed by atoms with Gasteiger partial charge in [-0.2, -0.15) is 0 Å². The Morgan fingerprint density at radius 2 is 1.72 bits per heavy atom. The molecule has 32 heavy (non-hydrogen) atoms. The number of thioether (sulfide) groups is 1. The molecule has 4 rings (SSSR count). The van der Waals surface area contributed by atoms with Gasteiger partial charge in [0, 0.05) is 11.9 Å². The van der Waals surface area contributed by atoms with E-state index in [2.05, 4.69) is 15.3 Å². The largest absolute Gasteiger partial charge is 0.325 e. The summed E-state index contributed by atoms with van der Waals surface area (Å²) in [5.74, 6) is 0.437. The van der Waals surface area contributed by atoms with Gasteiger partial charge in [-0.15, -0.1) is 0 Å². The third kappa shape index (κ3) is 4.43. The number of rotatable bonds is 5. The van der Waals surface area contributed by atoms with E-state index in [4.69, 9.17) is 0 Å². The lowest BCUT2D eigenvalue weighted by Crippen LogP contribution is -2.23. The van der Waals surface area contributed by atoms with E-state index in [1.54, 1.807) is 24.4 Å². The number of aryl methyl sites for hydroxylation is 4. The normalized spacial score (nSPS) is 11.0. The molecule has 2 aromatic carbocycles. The van der Waals surface area contributed by atoms with Crippen molar-refractivity contribution in [1.29, 1.82) is 0 Å². The van der Waals surface area contributed by atoms with Crippen LogP contribution in [0.2, 0.25) is 0 Å². The lowest BCUT2D eigenvalue weighted by molar-refractivity contribution is -0.113. The lowest BCUT2D eigenvalue weighted by Gasteiger charge is -2.14. The van der Waals surface area contributed by atoms with Crippen LogP contribution in [0.5, 0.6) is 0 Å². The number of carbonyl (C=O) groups is 1. The molecular weight excluding hydrogens is 420 g/mol. The summed E-state index contributed by atoms with van der Waals surface area (Å²) in [6.45, 7) is 7.93. The van der Waals surface area contributed by atoms with E-state index in [0.29, 0.717) is 21.9 Å². The van der Waals surface area contributed by atoms with Crippen LogP contribution in [0.25, 0.3) is 16.7 Å². The highest BCUT2D eigenvalue weighted by atomic mass is 32.2. The second-order valence-corrected chi connectivity index (χ2v) is 8.80. The van der Waals surface area contributed by atoms with Crippen LogP contribution in [-0.4, -0.2) is 26.2 Å². The van der Waals surface area contributed by atoms with Crippen LogP contribution < -0.4 is 10.9 Å². The van der Waals surface area contributed by atoms with E-state index in [1.165, 1.54) is 16.3 Å². The average Bonchev–Trinajstić information content (AvgIpc) is 2.76. The standard InChI is InChI=1S/C25H24N4O2S/c1-15-9-10-21(26-13-15)29-24(31)19-7-5-6-8-20(19)27-25(29)32-14-22(30)28-23-17(3)11-16(2)12-18(23)4/h5-13H,14H2,1-4H3,(H,28,30). The first-order chi connectivity index (χ1) is 15.3. The second-order valence-electron chi connectivity index (χ2n) is 7.86. The SMILES string of the molecule is Cc1ccc(-n2c(SCC(=O)Nc3c(C)cc(C)cc3C)nc3ccccc3c2=O)nc1. The maximum atomic E-state index is 13.3.